The Hall–Kier alpha value is -1.33. The van der Waals surface area contributed by atoms with Crippen LogP contribution in [0.3, 0.4) is 0 Å². The Balaban J connectivity index is 1.87. The number of hydrogen-bond donors (Lipinski definition) is 1. The molecule has 1 saturated carbocycles. The Morgan fingerprint density at radius 2 is 2.31 bits per heavy atom. The maximum Gasteiger partial charge on any atom is 0.0991 e. The van der Waals surface area contributed by atoms with Crippen molar-refractivity contribution in [2.45, 2.75) is 38.8 Å². The van der Waals surface area contributed by atoms with Crippen LogP contribution in [-0.2, 0) is 6.54 Å². The van der Waals surface area contributed by atoms with Gasteiger partial charge in [0.15, 0.2) is 0 Å². The predicted molar refractivity (Wildman–Crippen MR) is 64.8 cm³/mol. The molecule has 2 nitrogen and oxygen atoms in total. The Morgan fingerprint density at radius 3 is 3.00 bits per heavy atom. The number of nitrogens with one attached hydrogen (secondary N) is 1. The van der Waals surface area contributed by atoms with E-state index in [1.54, 1.807) is 0 Å². The second-order valence-electron chi connectivity index (χ2n) is 4.81. The lowest BCUT2D eigenvalue weighted by molar-refractivity contribution is 0.502. The van der Waals surface area contributed by atoms with Crippen LogP contribution in [0.1, 0.15) is 37.3 Å². The van der Waals surface area contributed by atoms with Gasteiger partial charge in [-0.1, -0.05) is 19.1 Å². The number of nitrogens with zero attached hydrogens (tertiary/aromatic N) is 1. The van der Waals surface area contributed by atoms with Crippen LogP contribution in [0.25, 0.3) is 0 Å². The molecule has 0 heterocycles. The van der Waals surface area contributed by atoms with Crippen LogP contribution in [0.5, 0.6) is 0 Å². The van der Waals surface area contributed by atoms with Crippen molar-refractivity contribution in [2.75, 3.05) is 0 Å². The Kier molecular flexibility index (Phi) is 3.58. The average Bonchev–Trinajstić information content (AvgIpc) is 2.73. The van der Waals surface area contributed by atoms with Crippen LogP contribution in [0.2, 0.25) is 0 Å². The molecule has 1 N–H and O–H groups in total. The van der Waals surface area contributed by atoms with Crippen molar-refractivity contribution >= 4 is 0 Å². The van der Waals surface area contributed by atoms with Crippen molar-refractivity contribution in [3.8, 4) is 6.07 Å². The minimum absolute atomic E-state index is 0.667. The minimum atomic E-state index is 0.667. The molecule has 1 aliphatic rings. The van der Waals surface area contributed by atoms with E-state index in [4.69, 9.17) is 5.26 Å². The molecule has 1 aromatic rings. The lowest BCUT2D eigenvalue weighted by Gasteiger charge is -2.12. The van der Waals surface area contributed by atoms with Gasteiger partial charge in [-0.25, -0.2) is 0 Å². The van der Waals surface area contributed by atoms with Crippen LogP contribution in [0.4, 0.5) is 0 Å². The summed E-state index contributed by atoms with van der Waals surface area (Å²) in [5.41, 5.74) is 1.96. The molecule has 2 unspecified atom stereocenters. The summed E-state index contributed by atoms with van der Waals surface area (Å²) < 4.78 is 0. The van der Waals surface area contributed by atoms with Crippen molar-refractivity contribution in [1.29, 1.82) is 5.26 Å². The molecule has 0 radical (unpaired) electrons. The van der Waals surface area contributed by atoms with E-state index < -0.39 is 0 Å². The van der Waals surface area contributed by atoms with E-state index >= 15 is 0 Å². The van der Waals surface area contributed by atoms with Crippen LogP contribution in [-0.4, -0.2) is 6.04 Å². The smallest absolute Gasteiger partial charge is 0.0991 e. The van der Waals surface area contributed by atoms with E-state index in [9.17, 15) is 0 Å². The van der Waals surface area contributed by atoms with Crippen molar-refractivity contribution in [2.24, 2.45) is 5.92 Å². The Morgan fingerprint density at radius 1 is 1.44 bits per heavy atom. The van der Waals surface area contributed by atoms with E-state index in [-0.39, 0.29) is 0 Å². The summed E-state index contributed by atoms with van der Waals surface area (Å²) in [5, 5.41) is 12.4. The molecule has 2 rings (SSSR count). The van der Waals surface area contributed by atoms with E-state index in [1.807, 2.05) is 18.2 Å². The van der Waals surface area contributed by atoms with Gasteiger partial charge in [-0.15, -0.1) is 0 Å². The molecule has 0 saturated heterocycles. The highest BCUT2D eigenvalue weighted by Crippen LogP contribution is 2.24. The quantitative estimate of drug-likeness (QED) is 0.839. The molecule has 1 fully saturated rings. The molecule has 16 heavy (non-hydrogen) atoms. The lowest BCUT2D eigenvalue weighted by Crippen LogP contribution is -2.25. The van der Waals surface area contributed by atoms with Gasteiger partial charge in [-0.3, -0.25) is 0 Å². The highest BCUT2D eigenvalue weighted by Gasteiger charge is 2.20. The zero-order valence-corrected chi connectivity index (χ0v) is 9.74. The molecule has 1 aromatic carbocycles. The molecular weight excluding hydrogens is 196 g/mol. The largest absolute Gasteiger partial charge is 0.310 e. The third-order valence-corrected chi connectivity index (χ3v) is 3.35. The first-order chi connectivity index (χ1) is 7.78. The molecule has 0 amide bonds. The van der Waals surface area contributed by atoms with Crippen LogP contribution < -0.4 is 5.32 Å². The van der Waals surface area contributed by atoms with Crippen molar-refractivity contribution in [1.82, 2.24) is 5.32 Å². The lowest BCUT2D eigenvalue weighted by atomic mass is 10.1. The van der Waals surface area contributed by atoms with E-state index in [0.717, 1.165) is 18.0 Å². The van der Waals surface area contributed by atoms with Crippen molar-refractivity contribution < 1.29 is 0 Å². The van der Waals surface area contributed by atoms with Crippen LogP contribution >= 0.6 is 0 Å². The molecule has 0 aliphatic heterocycles. The molecule has 0 aromatic heterocycles. The summed E-state index contributed by atoms with van der Waals surface area (Å²) in [5.74, 6) is 0.864. The summed E-state index contributed by atoms with van der Waals surface area (Å²) in [7, 11) is 0. The minimum Gasteiger partial charge on any atom is -0.310 e. The second-order valence-corrected chi connectivity index (χ2v) is 4.81. The SMILES string of the molecule is CC1CCC(NCc2cccc(C#N)c2)C1. The zero-order chi connectivity index (χ0) is 11.4. The molecule has 0 spiro atoms. The standard InChI is InChI=1S/C14H18N2/c1-11-5-6-14(7-11)16-10-13-4-2-3-12(8-13)9-15/h2-4,8,11,14,16H,5-7,10H2,1H3. The molecule has 1 aliphatic carbocycles. The first-order valence-electron chi connectivity index (χ1n) is 6.00. The number of hydrogen-bond acceptors (Lipinski definition) is 2. The summed E-state index contributed by atoms with van der Waals surface area (Å²) in [4.78, 5) is 0. The average molecular weight is 214 g/mol. The third-order valence-electron chi connectivity index (χ3n) is 3.35. The molecule has 0 bridgehead atoms. The predicted octanol–water partition coefficient (Wildman–Crippen LogP) is 2.84. The monoisotopic (exact) mass is 214 g/mol. The summed E-state index contributed by atoms with van der Waals surface area (Å²) in [6, 6.07) is 10.7. The Labute approximate surface area is 97.3 Å². The summed E-state index contributed by atoms with van der Waals surface area (Å²) in [6.45, 7) is 3.20. The second kappa shape index (κ2) is 5.14. The normalized spacial score (nSPS) is 24.2. The Bertz CT molecular complexity index is 392. The van der Waals surface area contributed by atoms with Gasteiger partial charge < -0.3 is 5.32 Å². The van der Waals surface area contributed by atoms with E-state index in [1.165, 1.54) is 24.8 Å². The van der Waals surface area contributed by atoms with Gasteiger partial charge in [-0.05, 0) is 42.9 Å². The summed E-state index contributed by atoms with van der Waals surface area (Å²) >= 11 is 0. The number of rotatable bonds is 3. The first kappa shape index (κ1) is 11.2. The molecule has 84 valence electrons. The fourth-order valence-electron chi connectivity index (χ4n) is 2.41. The van der Waals surface area contributed by atoms with Gasteiger partial charge in [0.1, 0.15) is 0 Å². The fourth-order valence-corrected chi connectivity index (χ4v) is 2.41. The zero-order valence-electron chi connectivity index (χ0n) is 9.74. The van der Waals surface area contributed by atoms with Crippen LogP contribution in [0.15, 0.2) is 24.3 Å². The highest BCUT2D eigenvalue weighted by molar-refractivity contribution is 5.32. The van der Waals surface area contributed by atoms with Gasteiger partial charge in [0.2, 0.25) is 0 Å². The van der Waals surface area contributed by atoms with Gasteiger partial charge in [0.25, 0.3) is 0 Å². The number of nitriles is 1. The fraction of sp³-hybridized carbons (Fsp3) is 0.500. The van der Waals surface area contributed by atoms with Crippen molar-refractivity contribution in [3.05, 3.63) is 35.4 Å². The first-order valence-corrected chi connectivity index (χ1v) is 6.00. The maximum atomic E-state index is 8.81. The molecular formula is C14H18N2. The van der Waals surface area contributed by atoms with Gasteiger partial charge in [-0.2, -0.15) is 5.26 Å². The van der Waals surface area contributed by atoms with Crippen LogP contribution in [0, 0.1) is 17.2 Å². The topological polar surface area (TPSA) is 35.8 Å². The highest BCUT2D eigenvalue weighted by atomic mass is 14.9. The molecule has 2 atom stereocenters. The maximum absolute atomic E-state index is 8.81. The molecule has 2 heteroatoms. The van der Waals surface area contributed by atoms with E-state index in [2.05, 4.69) is 24.4 Å². The van der Waals surface area contributed by atoms with Crippen molar-refractivity contribution in [3.63, 3.8) is 0 Å². The third kappa shape index (κ3) is 2.84. The van der Waals surface area contributed by atoms with Gasteiger partial charge in [0, 0.05) is 12.6 Å². The van der Waals surface area contributed by atoms with Gasteiger partial charge in [0.05, 0.1) is 11.6 Å². The van der Waals surface area contributed by atoms with Gasteiger partial charge >= 0.3 is 0 Å². The van der Waals surface area contributed by atoms with E-state index in [0.29, 0.717) is 6.04 Å². The number of benzene rings is 1. The summed E-state index contributed by atoms with van der Waals surface area (Å²) in [6.07, 6.45) is 3.92.